The van der Waals surface area contributed by atoms with Crippen molar-refractivity contribution in [1.29, 1.82) is 0 Å². The number of rotatable bonds is 7. The molecule has 1 aliphatic heterocycles. The Kier molecular flexibility index (Phi) is 6.18. The van der Waals surface area contributed by atoms with Crippen molar-refractivity contribution < 1.29 is 23.2 Å². The Balaban J connectivity index is 1.50. The van der Waals surface area contributed by atoms with Gasteiger partial charge in [-0.25, -0.2) is 0 Å². The van der Waals surface area contributed by atoms with Crippen LogP contribution in [-0.4, -0.2) is 36.0 Å². The zero-order valence-electron chi connectivity index (χ0n) is 19.0. The second-order valence-electron chi connectivity index (χ2n) is 8.53. The van der Waals surface area contributed by atoms with E-state index in [1.165, 1.54) is 0 Å². The van der Waals surface area contributed by atoms with Crippen LogP contribution in [0.4, 0.5) is 5.69 Å². The number of benzene rings is 2. The molecule has 34 heavy (non-hydrogen) atoms. The van der Waals surface area contributed by atoms with E-state index in [-0.39, 0.29) is 30.2 Å². The maximum Gasteiger partial charge on any atom is 0.292 e. The van der Waals surface area contributed by atoms with Crippen molar-refractivity contribution in [3.63, 3.8) is 0 Å². The molecule has 0 aliphatic carbocycles. The van der Waals surface area contributed by atoms with Crippen LogP contribution in [0.25, 0.3) is 11.0 Å². The Morgan fingerprint density at radius 3 is 2.74 bits per heavy atom. The van der Waals surface area contributed by atoms with Gasteiger partial charge in [-0.2, -0.15) is 0 Å². The molecule has 3 heterocycles. The smallest absolute Gasteiger partial charge is 0.292 e. The Hall–Kier alpha value is -3.84. The zero-order valence-corrected chi connectivity index (χ0v) is 19.0. The summed E-state index contributed by atoms with van der Waals surface area (Å²) < 4.78 is 17.3. The number of aryl methyl sites for hydroxylation is 1. The number of carbonyl (C=O) groups is 2. The molecule has 1 aliphatic rings. The molecule has 1 N–H and O–H groups in total. The SMILES string of the molecule is Cc1cccc(C(=O)Nc2c(C(=O)N(Cc3ccco3)C[C@H]3CCCO3)oc3ccccc23)c1. The fraction of sp³-hybridized carbons (Fsp3) is 0.259. The number of nitrogens with zero attached hydrogens (tertiary/aromatic N) is 1. The number of furan rings is 2. The molecular formula is C27H26N2O5. The van der Waals surface area contributed by atoms with Crippen LogP contribution in [0.5, 0.6) is 0 Å². The van der Waals surface area contributed by atoms with Gasteiger partial charge in [-0.3, -0.25) is 9.59 Å². The van der Waals surface area contributed by atoms with E-state index in [9.17, 15) is 9.59 Å². The molecule has 1 saturated heterocycles. The predicted molar refractivity (Wildman–Crippen MR) is 128 cm³/mol. The second kappa shape index (κ2) is 9.57. The maximum absolute atomic E-state index is 13.8. The Labute approximate surface area is 197 Å². The molecule has 2 amide bonds. The number of anilines is 1. The third-order valence-electron chi connectivity index (χ3n) is 5.97. The van der Waals surface area contributed by atoms with Gasteiger partial charge in [-0.1, -0.05) is 29.8 Å². The third kappa shape index (κ3) is 4.61. The minimum atomic E-state index is -0.331. The number of fused-ring (bicyclic) bond motifs is 1. The lowest BCUT2D eigenvalue weighted by atomic mass is 10.1. The molecule has 2 aromatic carbocycles. The van der Waals surface area contributed by atoms with Crippen LogP contribution in [0.2, 0.25) is 0 Å². The van der Waals surface area contributed by atoms with Crippen LogP contribution in [0, 0.1) is 6.92 Å². The van der Waals surface area contributed by atoms with Crippen LogP contribution < -0.4 is 5.32 Å². The number of nitrogens with one attached hydrogen (secondary N) is 1. The summed E-state index contributed by atoms with van der Waals surface area (Å²) in [5, 5.41) is 3.60. The molecule has 0 radical (unpaired) electrons. The van der Waals surface area contributed by atoms with Gasteiger partial charge in [0, 0.05) is 24.1 Å². The maximum atomic E-state index is 13.8. The van der Waals surface area contributed by atoms with E-state index in [1.807, 2.05) is 43.3 Å². The van der Waals surface area contributed by atoms with Gasteiger partial charge in [0.15, 0.2) is 0 Å². The molecule has 0 unspecified atom stereocenters. The molecule has 1 fully saturated rings. The standard InChI is InChI=1S/C27H26N2O5/c1-18-7-4-8-19(15-18)26(30)28-24-22-11-2-3-12-23(22)34-25(24)27(31)29(16-20-9-5-13-32-20)17-21-10-6-14-33-21/h2-5,7-9,11-13,15,21H,6,10,14,16-17H2,1H3,(H,28,30)/t21-/m1/s1. The van der Waals surface area contributed by atoms with Crippen molar-refractivity contribution in [1.82, 2.24) is 4.90 Å². The lowest BCUT2D eigenvalue weighted by Gasteiger charge is -2.24. The van der Waals surface area contributed by atoms with Gasteiger partial charge in [0.05, 0.1) is 18.9 Å². The highest BCUT2D eigenvalue weighted by Crippen LogP contribution is 2.33. The summed E-state index contributed by atoms with van der Waals surface area (Å²) in [5.74, 6) is 0.114. The summed E-state index contributed by atoms with van der Waals surface area (Å²) in [6.45, 7) is 3.29. The summed E-state index contributed by atoms with van der Waals surface area (Å²) in [7, 11) is 0. The van der Waals surface area contributed by atoms with Crippen LogP contribution >= 0.6 is 0 Å². The van der Waals surface area contributed by atoms with Gasteiger partial charge in [0.2, 0.25) is 5.76 Å². The first kappa shape index (κ1) is 22.0. The molecule has 0 spiro atoms. The second-order valence-corrected chi connectivity index (χ2v) is 8.53. The molecule has 7 heteroatoms. The highest BCUT2D eigenvalue weighted by molar-refractivity contribution is 6.14. The van der Waals surface area contributed by atoms with Crippen molar-refractivity contribution >= 4 is 28.5 Å². The highest BCUT2D eigenvalue weighted by atomic mass is 16.5. The van der Waals surface area contributed by atoms with Crippen LogP contribution in [0.3, 0.4) is 0 Å². The molecule has 0 saturated carbocycles. The number of ether oxygens (including phenoxy) is 1. The van der Waals surface area contributed by atoms with E-state index in [1.54, 1.807) is 35.4 Å². The fourth-order valence-corrected chi connectivity index (χ4v) is 4.28. The predicted octanol–water partition coefficient (Wildman–Crippen LogP) is 5.41. The first-order valence-corrected chi connectivity index (χ1v) is 11.4. The van der Waals surface area contributed by atoms with Crippen molar-refractivity contribution in [3.8, 4) is 0 Å². The van der Waals surface area contributed by atoms with Gasteiger partial charge in [0.25, 0.3) is 11.8 Å². The lowest BCUT2D eigenvalue weighted by molar-refractivity contribution is 0.0471. The summed E-state index contributed by atoms with van der Waals surface area (Å²) in [6.07, 6.45) is 3.39. The molecule has 1 atom stereocenters. The van der Waals surface area contributed by atoms with E-state index < -0.39 is 0 Å². The molecule has 2 aromatic heterocycles. The van der Waals surface area contributed by atoms with Gasteiger partial charge < -0.3 is 23.8 Å². The van der Waals surface area contributed by atoms with Gasteiger partial charge in [-0.15, -0.1) is 0 Å². The van der Waals surface area contributed by atoms with Gasteiger partial charge in [0.1, 0.15) is 17.0 Å². The van der Waals surface area contributed by atoms with Crippen molar-refractivity contribution in [2.24, 2.45) is 0 Å². The minimum absolute atomic E-state index is 0.0476. The largest absolute Gasteiger partial charge is 0.467 e. The first-order valence-electron chi connectivity index (χ1n) is 11.4. The lowest BCUT2D eigenvalue weighted by Crippen LogP contribution is -2.37. The molecule has 174 valence electrons. The van der Waals surface area contributed by atoms with Crippen LogP contribution in [0.1, 0.15) is 45.1 Å². The Morgan fingerprint density at radius 1 is 1.09 bits per heavy atom. The normalized spacial score (nSPS) is 15.5. The fourth-order valence-electron chi connectivity index (χ4n) is 4.28. The highest BCUT2D eigenvalue weighted by Gasteiger charge is 2.30. The Morgan fingerprint density at radius 2 is 1.97 bits per heavy atom. The number of para-hydroxylation sites is 1. The van der Waals surface area contributed by atoms with E-state index in [0.717, 1.165) is 18.4 Å². The summed E-state index contributed by atoms with van der Waals surface area (Å²) in [4.78, 5) is 28.5. The molecule has 5 rings (SSSR count). The van der Waals surface area contributed by atoms with E-state index in [0.29, 0.717) is 41.1 Å². The van der Waals surface area contributed by atoms with E-state index in [4.69, 9.17) is 13.6 Å². The van der Waals surface area contributed by atoms with E-state index >= 15 is 0 Å². The first-order chi connectivity index (χ1) is 16.6. The number of hydrogen-bond donors (Lipinski definition) is 1. The van der Waals surface area contributed by atoms with Crippen molar-refractivity contribution in [2.75, 3.05) is 18.5 Å². The van der Waals surface area contributed by atoms with Gasteiger partial charge >= 0.3 is 0 Å². The summed E-state index contributed by atoms with van der Waals surface area (Å²) >= 11 is 0. The summed E-state index contributed by atoms with van der Waals surface area (Å²) in [5.41, 5.74) is 2.38. The molecule has 4 aromatic rings. The minimum Gasteiger partial charge on any atom is -0.467 e. The molecule has 0 bridgehead atoms. The number of hydrogen-bond acceptors (Lipinski definition) is 5. The molecule has 7 nitrogen and oxygen atoms in total. The third-order valence-corrected chi connectivity index (χ3v) is 5.97. The van der Waals surface area contributed by atoms with Crippen LogP contribution in [0.15, 0.2) is 75.8 Å². The Bertz CT molecular complexity index is 1300. The number of amides is 2. The monoisotopic (exact) mass is 458 g/mol. The molecular weight excluding hydrogens is 432 g/mol. The van der Waals surface area contributed by atoms with Crippen molar-refractivity contribution in [3.05, 3.63) is 89.6 Å². The van der Waals surface area contributed by atoms with E-state index in [2.05, 4.69) is 5.32 Å². The topological polar surface area (TPSA) is 84.9 Å². The quantitative estimate of drug-likeness (QED) is 0.400. The van der Waals surface area contributed by atoms with Gasteiger partial charge in [-0.05, 0) is 56.2 Å². The average molecular weight is 459 g/mol. The van der Waals surface area contributed by atoms with Crippen LogP contribution in [-0.2, 0) is 11.3 Å². The number of carbonyl (C=O) groups excluding carboxylic acids is 2. The average Bonchev–Trinajstić information content (AvgIpc) is 3.60. The summed E-state index contributed by atoms with van der Waals surface area (Å²) in [6, 6.07) is 18.2. The zero-order chi connectivity index (χ0) is 23.5. The van der Waals surface area contributed by atoms with Crippen molar-refractivity contribution in [2.45, 2.75) is 32.4 Å².